The van der Waals surface area contributed by atoms with Crippen molar-refractivity contribution in [2.45, 2.75) is 50.3 Å². The highest BCUT2D eigenvalue weighted by Gasteiger charge is 2.80. The molecular formula is C34H32N2O2. The summed E-state index contributed by atoms with van der Waals surface area (Å²) in [5.74, 6) is 2.81. The Hall–Kier alpha value is -3.63. The zero-order valence-corrected chi connectivity index (χ0v) is 21.9. The van der Waals surface area contributed by atoms with E-state index in [1.165, 1.54) is 29.0 Å². The van der Waals surface area contributed by atoms with Gasteiger partial charge in [0.2, 0.25) is 0 Å². The molecule has 4 nitrogen and oxygen atoms in total. The average molecular weight is 501 g/mol. The minimum absolute atomic E-state index is 0.148. The van der Waals surface area contributed by atoms with Crippen molar-refractivity contribution in [1.82, 2.24) is 9.88 Å². The van der Waals surface area contributed by atoms with E-state index < -0.39 is 0 Å². The number of phenols is 1. The summed E-state index contributed by atoms with van der Waals surface area (Å²) in [4.78, 5) is 7.40. The molecule has 1 aliphatic carbocycles. The highest BCUT2D eigenvalue weighted by Crippen LogP contribution is 2.75. The average Bonchev–Trinajstić information content (AvgIpc) is 3.46. The molecule has 2 aliphatic heterocycles. The molecule has 8 rings (SSSR count). The number of ether oxygens (including phenoxy) is 1. The van der Waals surface area contributed by atoms with Gasteiger partial charge in [0.1, 0.15) is 17.6 Å². The molecule has 1 spiro atoms. The number of fused-ring (bicyclic) bond motifs is 4. The number of piperidine rings is 1. The molecule has 5 aromatic rings. The maximum Gasteiger partial charge on any atom is 0.143 e. The summed E-state index contributed by atoms with van der Waals surface area (Å²) in [6.45, 7) is 5.87. The number of hydrogen-bond acceptors (Lipinski definition) is 4. The van der Waals surface area contributed by atoms with Crippen LogP contribution in [0.25, 0.3) is 32.4 Å². The third kappa shape index (κ3) is 2.82. The number of aromatic nitrogens is 1. The third-order valence-electron chi connectivity index (χ3n) is 10.1. The molecule has 2 saturated heterocycles. The standard InChI is InChI=1S/C34H32N2O2/c1-3-28-29-15-17-36-33(2,20-34(28,29)36)32(26-14-16-35-30-13-12-22(37)19-27(26)30)38-31-18-21-8-4-5-9-23(21)24-10-6-7-11-25(24)31/h4-14,16,18-19,28-29,32,37H,3,15,17,20H2,1-2H3. The number of hydrogen-bond donors (Lipinski definition) is 1. The second-order valence-corrected chi connectivity index (χ2v) is 11.8. The molecule has 5 atom stereocenters. The Labute approximate surface area is 222 Å². The number of nitrogens with zero attached hydrogens (tertiary/aromatic N) is 2. The van der Waals surface area contributed by atoms with E-state index >= 15 is 0 Å². The minimum Gasteiger partial charge on any atom is -0.508 e. The molecule has 0 radical (unpaired) electrons. The topological polar surface area (TPSA) is 45.6 Å². The summed E-state index contributed by atoms with van der Waals surface area (Å²) in [5.41, 5.74) is 2.19. The van der Waals surface area contributed by atoms with Crippen LogP contribution in [-0.2, 0) is 0 Å². The number of phenolic OH excluding ortho intramolecular Hbond substituents is 1. The molecule has 4 heteroatoms. The SMILES string of the molecule is CCC1C2CCN3C(C)(C(Oc4cc5ccccc5c5ccccc45)c4ccnc5ccc(O)cc45)CC123. The Morgan fingerprint density at radius 2 is 1.76 bits per heavy atom. The Bertz CT molecular complexity index is 1740. The van der Waals surface area contributed by atoms with E-state index in [4.69, 9.17) is 4.74 Å². The lowest BCUT2D eigenvalue weighted by Crippen LogP contribution is -2.69. The third-order valence-corrected chi connectivity index (χ3v) is 10.1. The van der Waals surface area contributed by atoms with Gasteiger partial charge >= 0.3 is 0 Å². The van der Waals surface area contributed by atoms with Gasteiger partial charge in [-0.1, -0.05) is 61.9 Å². The normalized spacial score (nSPS) is 28.7. The van der Waals surface area contributed by atoms with Gasteiger partial charge in [-0.05, 0) is 84.6 Å². The Kier molecular flexibility index (Phi) is 4.53. The van der Waals surface area contributed by atoms with Gasteiger partial charge < -0.3 is 9.84 Å². The van der Waals surface area contributed by atoms with E-state index in [1.807, 2.05) is 18.3 Å². The molecule has 1 N–H and O–H groups in total. The number of pyridine rings is 1. The molecule has 3 aliphatic rings. The Morgan fingerprint density at radius 3 is 2.58 bits per heavy atom. The van der Waals surface area contributed by atoms with Gasteiger partial charge in [-0.2, -0.15) is 0 Å². The van der Waals surface area contributed by atoms with Crippen molar-refractivity contribution >= 4 is 32.4 Å². The first-order chi connectivity index (χ1) is 18.5. The van der Waals surface area contributed by atoms with Crippen molar-refractivity contribution in [3.63, 3.8) is 0 Å². The summed E-state index contributed by atoms with van der Waals surface area (Å²) in [6.07, 6.45) is 5.37. The van der Waals surface area contributed by atoms with E-state index in [-0.39, 0.29) is 17.4 Å². The second kappa shape index (κ2) is 7.70. The van der Waals surface area contributed by atoms with E-state index in [1.54, 1.807) is 6.07 Å². The van der Waals surface area contributed by atoms with Crippen molar-refractivity contribution in [2.75, 3.05) is 6.54 Å². The predicted octanol–water partition coefficient (Wildman–Crippen LogP) is 7.63. The largest absolute Gasteiger partial charge is 0.508 e. The van der Waals surface area contributed by atoms with Crippen LogP contribution in [0.2, 0.25) is 0 Å². The maximum absolute atomic E-state index is 10.4. The molecule has 1 saturated carbocycles. The first kappa shape index (κ1) is 22.4. The van der Waals surface area contributed by atoms with Crippen LogP contribution in [-0.4, -0.2) is 32.6 Å². The van der Waals surface area contributed by atoms with Crippen LogP contribution in [0.1, 0.15) is 44.8 Å². The van der Waals surface area contributed by atoms with Crippen LogP contribution in [0.4, 0.5) is 0 Å². The highest BCUT2D eigenvalue weighted by atomic mass is 16.5. The van der Waals surface area contributed by atoms with Crippen LogP contribution in [0.15, 0.2) is 85.1 Å². The van der Waals surface area contributed by atoms with Gasteiger partial charge in [-0.15, -0.1) is 0 Å². The molecule has 4 aromatic carbocycles. The van der Waals surface area contributed by atoms with Crippen molar-refractivity contribution in [3.8, 4) is 11.5 Å². The van der Waals surface area contributed by atoms with Crippen LogP contribution >= 0.6 is 0 Å². The molecule has 5 unspecified atom stereocenters. The van der Waals surface area contributed by atoms with E-state index in [0.29, 0.717) is 5.54 Å². The molecule has 0 bridgehead atoms. The molecule has 3 heterocycles. The van der Waals surface area contributed by atoms with Crippen LogP contribution in [0.5, 0.6) is 11.5 Å². The molecule has 190 valence electrons. The van der Waals surface area contributed by atoms with Crippen molar-refractivity contribution in [2.24, 2.45) is 11.8 Å². The highest BCUT2D eigenvalue weighted by molar-refractivity contribution is 6.10. The number of rotatable bonds is 5. The Morgan fingerprint density at radius 1 is 0.974 bits per heavy atom. The van der Waals surface area contributed by atoms with E-state index in [2.05, 4.69) is 84.4 Å². The van der Waals surface area contributed by atoms with E-state index in [9.17, 15) is 5.11 Å². The van der Waals surface area contributed by atoms with Gasteiger partial charge in [0.05, 0.1) is 11.1 Å². The lowest BCUT2D eigenvalue weighted by atomic mass is 9.70. The fourth-order valence-electron chi connectivity index (χ4n) is 8.61. The van der Waals surface area contributed by atoms with Crippen LogP contribution < -0.4 is 4.74 Å². The fraction of sp³-hybridized carbons (Fsp3) is 0.324. The molecular weight excluding hydrogens is 468 g/mol. The lowest BCUT2D eigenvalue weighted by molar-refractivity contribution is -0.132. The van der Waals surface area contributed by atoms with Gasteiger partial charge in [0, 0.05) is 28.1 Å². The maximum atomic E-state index is 10.4. The van der Waals surface area contributed by atoms with Crippen molar-refractivity contribution < 1.29 is 9.84 Å². The fourth-order valence-corrected chi connectivity index (χ4v) is 8.61. The first-order valence-electron chi connectivity index (χ1n) is 14.0. The van der Waals surface area contributed by atoms with Gasteiger partial charge in [-0.25, -0.2) is 0 Å². The van der Waals surface area contributed by atoms with E-state index in [0.717, 1.165) is 52.4 Å². The van der Waals surface area contributed by atoms with Crippen molar-refractivity contribution in [3.05, 3.63) is 90.6 Å². The summed E-state index contributed by atoms with van der Waals surface area (Å²) in [6, 6.07) is 26.9. The van der Waals surface area contributed by atoms with Gasteiger partial charge in [0.25, 0.3) is 0 Å². The monoisotopic (exact) mass is 500 g/mol. The van der Waals surface area contributed by atoms with Crippen LogP contribution in [0, 0.1) is 11.8 Å². The second-order valence-electron chi connectivity index (χ2n) is 11.8. The Balaban J connectivity index is 1.32. The zero-order chi connectivity index (χ0) is 25.6. The van der Waals surface area contributed by atoms with Gasteiger partial charge in [-0.3, -0.25) is 9.88 Å². The lowest BCUT2D eigenvalue weighted by Gasteiger charge is -2.60. The summed E-state index contributed by atoms with van der Waals surface area (Å²) in [5, 5.41) is 16.2. The van der Waals surface area contributed by atoms with Crippen molar-refractivity contribution in [1.29, 1.82) is 0 Å². The predicted molar refractivity (Wildman–Crippen MR) is 153 cm³/mol. The summed E-state index contributed by atoms with van der Waals surface area (Å²) < 4.78 is 7.27. The molecule has 0 amide bonds. The number of benzene rings is 4. The summed E-state index contributed by atoms with van der Waals surface area (Å²) >= 11 is 0. The van der Waals surface area contributed by atoms with Gasteiger partial charge in [0.15, 0.2) is 0 Å². The summed E-state index contributed by atoms with van der Waals surface area (Å²) in [7, 11) is 0. The smallest absolute Gasteiger partial charge is 0.143 e. The molecule has 38 heavy (non-hydrogen) atoms. The number of aromatic hydroxyl groups is 1. The molecule has 1 aromatic heterocycles. The first-order valence-corrected chi connectivity index (χ1v) is 14.0. The zero-order valence-electron chi connectivity index (χ0n) is 21.9. The molecule has 3 fully saturated rings. The quantitative estimate of drug-likeness (QED) is 0.252. The van der Waals surface area contributed by atoms with Crippen LogP contribution in [0.3, 0.4) is 0 Å². The minimum atomic E-state index is -0.207.